The summed E-state index contributed by atoms with van der Waals surface area (Å²) in [6, 6.07) is 8.85. The van der Waals surface area contributed by atoms with E-state index in [0.29, 0.717) is 11.3 Å². The predicted molar refractivity (Wildman–Crippen MR) is 75.5 cm³/mol. The zero-order valence-electron chi connectivity index (χ0n) is 10.8. The van der Waals surface area contributed by atoms with Crippen LogP contribution in [0, 0.1) is 0 Å². The van der Waals surface area contributed by atoms with Crippen LogP contribution in [0.5, 0.6) is 0 Å². The third-order valence-corrected chi connectivity index (χ3v) is 4.98. The van der Waals surface area contributed by atoms with Crippen molar-refractivity contribution in [1.29, 1.82) is 0 Å². The minimum Gasteiger partial charge on any atom is -0.480 e. The number of carboxylic acids is 1. The lowest BCUT2D eigenvalue weighted by Gasteiger charge is -2.17. The van der Waals surface area contributed by atoms with E-state index in [0.717, 1.165) is 19.6 Å². The summed E-state index contributed by atoms with van der Waals surface area (Å²) in [4.78, 5) is 13.6. The maximum Gasteiger partial charge on any atom is 0.323 e. The molecule has 1 fully saturated rings. The smallest absolute Gasteiger partial charge is 0.323 e. The normalized spacial score (nSPS) is 19.2. The molecule has 19 heavy (non-hydrogen) atoms. The van der Waals surface area contributed by atoms with E-state index in [2.05, 4.69) is 4.90 Å². The molecule has 1 saturated heterocycles. The van der Waals surface area contributed by atoms with E-state index in [4.69, 9.17) is 0 Å². The van der Waals surface area contributed by atoms with Crippen LogP contribution in [0.3, 0.4) is 0 Å². The molecule has 0 aliphatic carbocycles. The molecule has 0 saturated carbocycles. The van der Waals surface area contributed by atoms with E-state index >= 15 is 0 Å². The molecule has 1 aromatic rings. The van der Waals surface area contributed by atoms with Gasteiger partial charge in [-0.05, 0) is 31.5 Å². The molecule has 2 unspecified atom stereocenters. The molecule has 1 N–H and O–H groups in total. The van der Waals surface area contributed by atoms with Crippen LogP contribution in [0.25, 0.3) is 0 Å². The van der Waals surface area contributed by atoms with Gasteiger partial charge in [-0.15, -0.1) is 0 Å². The molecule has 2 atom stereocenters. The number of hydrogen-bond acceptors (Lipinski definition) is 3. The molecule has 104 valence electrons. The van der Waals surface area contributed by atoms with Crippen LogP contribution in [0.15, 0.2) is 30.3 Å². The Morgan fingerprint density at radius 3 is 2.47 bits per heavy atom. The second-order valence-corrected chi connectivity index (χ2v) is 6.40. The van der Waals surface area contributed by atoms with Crippen LogP contribution in [-0.4, -0.2) is 45.6 Å². The Morgan fingerprint density at radius 1 is 1.26 bits per heavy atom. The van der Waals surface area contributed by atoms with Gasteiger partial charge in [-0.1, -0.05) is 30.3 Å². The average molecular weight is 281 g/mol. The quantitative estimate of drug-likeness (QED) is 0.861. The zero-order valence-corrected chi connectivity index (χ0v) is 11.6. The first-order chi connectivity index (χ1) is 9.18. The van der Waals surface area contributed by atoms with Crippen molar-refractivity contribution in [1.82, 2.24) is 4.90 Å². The van der Waals surface area contributed by atoms with Gasteiger partial charge in [0.1, 0.15) is 0 Å². The predicted octanol–water partition coefficient (Wildman–Crippen LogP) is 1.66. The molecule has 1 aliphatic heterocycles. The van der Waals surface area contributed by atoms with Gasteiger partial charge in [0.05, 0.1) is 0 Å². The standard InChI is InChI=1S/C14H19NO3S/c16-14(17)13(12-6-2-1-3-7-12)19(18)11-10-15-8-4-5-9-15/h1-3,6-7,13H,4-5,8-11H2,(H,16,17). The number of nitrogens with zero attached hydrogens (tertiary/aromatic N) is 1. The second kappa shape index (κ2) is 6.82. The summed E-state index contributed by atoms with van der Waals surface area (Å²) in [5.74, 6) is -0.586. The van der Waals surface area contributed by atoms with Crippen molar-refractivity contribution in [3.8, 4) is 0 Å². The summed E-state index contributed by atoms with van der Waals surface area (Å²) < 4.78 is 12.2. The molecular weight excluding hydrogens is 262 g/mol. The van der Waals surface area contributed by atoms with Crippen molar-refractivity contribution >= 4 is 16.8 Å². The third-order valence-electron chi connectivity index (χ3n) is 3.40. The maximum atomic E-state index is 12.2. The molecular formula is C14H19NO3S. The van der Waals surface area contributed by atoms with Crippen molar-refractivity contribution in [2.24, 2.45) is 0 Å². The number of aliphatic carboxylic acids is 1. The number of likely N-dealkylation sites (tertiary alicyclic amines) is 1. The molecule has 5 heteroatoms. The van der Waals surface area contributed by atoms with Gasteiger partial charge in [-0.3, -0.25) is 9.00 Å². The van der Waals surface area contributed by atoms with Crippen molar-refractivity contribution < 1.29 is 14.1 Å². The summed E-state index contributed by atoms with van der Waals surface area (Å²) in [5, 5.41) is 8.37. The van der Waals surface area contributed by atoms with Crippen LogP contribution < -0.4 is 0 Å². The summed E-state index contributed by atoms with van der Waals surface area (Å²) >= 11 is 0. The van der Waals surface area contributed by atoms with E-state index in [1.165, 1.54) is 12.8 Å². The third kappa shape index (κ3) is 3.88. The fourth-order valence-electron chi connectivity index (χ4n) is 2.38. The number of carboxylic acid groups (broad SMARTS) is 1. The molecule has 0 radical (unpaired) electrons. The minimum atomic E-state index is -1.38. The molecule has 4 nitrogen and oxygen atoms in total. The van der Waals surface area contributed by atoms with Gasteiger partial charge >= 0.3 is 5.97 Å². The van der Waals surface area contributed by atoms with E-state index < -0.39 is 22.0 Å². The topological polar surface area (TPSA) is 57.6 Å². The highest BCUT2D eigenvalue weighted by atomic mass is 32.2. The summed E-state index contributed by atoms with van der Waals surface area (Å²) in [6.07, 6.45) is 2.38. The zero-order chi connectivity index (χ0) is 13.7. The molecule has 1 aliphatic rings. The molecule has 0 amide bonds. The fraction of sp³-hybridized carbons (Fsp3) is 0.500. The lowest BCUT2D eigenvalue weighted by molar-refractivity contribution is -0.136. The van der Waals surface area contributed by atoms with E-state index in [-0.39, 0.29) is 0 Å². The Morgan fingerprint density at radius 2 is 1.89 bits per heavy atom. The summed E-state index contributed by atoms with van der Waals surface area (Å²) in [5.41, 5.74) is 0.620. The highest BCUT2D eigenvalue weighted by Crippen LogP contribution is 2.20. The Kier molecular flexibility index (Phi) is 5.10. The van der Waals surface area contributed by atoms with Crippen LogP contribution in [0.2, 0.25) is 0 Å². The van der Waals surface area contributed by atoms with Gasteiger partial charge in [-0.2, -0.15) is 0 Å². The summed E-state index contributed by atoms with van der Waals surface area (Å²) in [6.45, 7) is 2.81. The van der Waals surface area contributed by atoms with Gasteiger partial charge in [0.15, 0.2) is 5.25 Å². The van der Waals surface area contributed by atoms with Crippen molar-refractivity contribution in [3.05, 3.63) is 35.9 Å². The van der Waals surface area contributed by atoms with E-state index in [1.54, 1.807) is 24.3 Å². The minimum absolute atomic E-state index is 0.422. The highest BCUT2D eigenvalue weighted by Gasteiger charge is 2.27. The first kappa shape index (κ1) is 14.2. The number of hydrogen-bond donors (Lipinski definition) is 1. The lowest BCUT2D eigenvalue weighted by atomic mass is 10.1. The van der Waals surface area contributed by atoms with Crippen LogP contribution >= 0.6 is 0 Å². The Labute approximate surface area is 115 Å². The molecule has 0 spiro atoms. The highest BCUT2D eigenvalue weighted by molar-refractivity contribution is 7.86. The first-order valence-electron chi connectivity index (χ1n) is 6.56. The van der Waals surface area contributed by atoms with E-state index in [9.17, 15) is 14.1 Å². The van der Waals surface area contributed by atoms with E-state index in [1.807, 2.05) is 6.07 Å². The molecule has 1 heterocycles. The van der Waals surface area contributed by atoms with Gasteiger partial charge in [0.25, 0.3) is 0 Å². The largest absolute Gasteiger partial charge is 0.480 e. The molecule has 1 aromatic carbocycles. The lowest BCUT2D eigenvalue weighted by Crippen LogP contribution is -2.28. The van der Waals surface area contributed by atoms with Crippen molar-refractivity contribution in [2.45, 2.75) is 18.1 Å². The monoisotopic (exact) mass is 281 g/mol. The SMILES string of the molecule is O=C(O)C(c1ccccc1)S(=O)CCN1CCCC1. The Bertz CT molecular complexity index is 443. The van der Waals surface area contributed by atoms with Gasteiger partial charge in [0.2, 0.25) is 0 Å². The van der Waals surface area contributed by atoms with Crippen molar-refractivity contribution in [2.75, 3.05) is 25.4 Å². The second-order valence-electron chi connectivity index (χ2n) is 4.76. The maximum absolute atomic E-state index is 12.2. The molecule has 0 aromatic heterocycles. The van der Waals surface area contributed by atoms with Crippen molar-refractivity contribution in [3.63, 3.8) is 0 Å². The van der Waals surface area contributed by atoms with Crippen LogP contribution in [0.1, 0.15) is 23.7 Å². The summed E-state index contributed by atoms with van der Waals surface area (Å²) in [7, 11) is -1.38. The molecule has 2 rings (SSSR count). The van der Waals surface area contributed by atoms with Gasteiger partial charge in [-0.25, -0.2) is 0 Å². The van der Waals surface area contributed by atoms with Gasteiger partial charge in [0, 0.05) is 23.1 Å². The molecule has 0 bridgehead atoms. The fourth-order valence-corrected chi connectivity index (χ4v) is 3.74. The van der Waals surface area contributed by atoms with Gasteiger partial charge < -0.3 is 10.0 Å². The first-order valence-corrected chi connectivity index (χ1v) is 7.94. The Balaban J connectivity index is 1.98. The number of carbonyl (C=O) groups is 1. The van der Waals surface area contributed by atoms with Crippen LogP contribution in [-0.2, 0) is 15.6 Å². The number of rotatable bonds is 6. The van der Waals surface area contributed by atoms with Crippen LogP contribution in [0.4, 0.5) is 0 Å². The Hall–Kier alpha value is -1.20. The number of benzene rings is 1. The average Bonchev–Trinajstić information content (AvgIpc) is 2.90.